The third kappa shape index (κ3) is 2.37. The summed E-state index contributed by atoms with van der Waals surface area (Å²) in [6.45, 7) is 1.30. The molecule has 0 aliphatic carbocycles. The lowest BCUT2D eigenvalue weighted by molar-refractivity contribution is -0.0800. The third-order valence-electron chi connectivity index (χ3n) is 2.84. The first kappa shape index (κ1) is 13.0. The molecule has 1 aromatic carbocycles. The largest absolute Gasteiger partial charge is 0.394 e. The molecule has 3 atom stereocenters. The summed E-state index contributed by atoms with van der Waals surface area (Å²) in [5.41, 5.74) is 2.46. The Hall–Kier alpha value is -1.47. The molecule has 98 valence electrons. The minimum Gasteiger partial charge on any atom is -0.394 e. The molecule has 0 radical (unpaired) electrons. The number of aromatic amines is 1. The molecule has 1 heterocycles. The number of nitrogens with one attached hydrogen (secondary N) is 1. The molecule has 0 spiro atoms. The first-order valence-corrected chi connectivity index (χ1v) is 5.64. The first-order valence-electron chi connectivity index (χ1n) is 5.64. The van der Waals surface area contributed by atoms with E-state index in [0.29, 0.717) is 5.52 Å². The van der Waals surface area contributed by atoms with Crippen LogP contribution in [-0.4, -0.2) is 49.2 Å². The average molecular weight is 252 g/mol. The van der Waals surface area contributed by atoms with Crippen LogP contribution >= 0.6 is 0 Å². The Morgan fingerprint density at radius 3 is 2.67 bits per heavy atom. The van der Waals surface area contributed by atoms with Crippen molar-refractivity contribution in [3.63, 3.8) is 0 Å². The summed E-state index contributed by atoms with van der Waals surface area (Å²) in [7, 11) is 0. The Morgan fingerprint density at radius 1 is 1.28 bits per heavy atom. The van der Waals surface area contributed by atoms with E-state index in [-0.39, 0.29) is 5.82 Å². The lowest BCUT2D eigenvalue weighted by Crippen LogP contribution is -2.35. The normalized spacial score (nSPS) is 16.7. The van der Waals surface area contributed by atoms with Crippen molar-refractivity contribution in [2.24, 2.45) is 0 Å². The number of aliphatic hydroxyl groups is 4. The number of hydrogen-bond donors (Lipinski definition) is 5. The van der Waals surface area contributed by atoms with E-state index < -0.39 is 24.9 Å². The predicted octanol–water partition coefficient (Wildman–Crippen LogP) is -0.381. The second-order valence-electron chi connectivity index (χ2n) is 4.33. The summed E-state index contributed by atoms with van der Waals surface area (Å²) in [4.78, 5) is 7.02. The van der Waals surface area contributed by atoms with E-state index in [1.165, 1.54) is 0 Å². The summed E-state index contributed by atoms with van der Waals surface area (Å²) in [5, 5.41) is 37.4. The summed E-state index contributed by atoms with van der Waals surface area (Å²) < 4.78 is 0. The van der Waals surface area contributed by atoms with Crippen LogP contribution in [0.15, 0.2) is 18.2 Å². The Labute approximate surface area is 104 Å². The minimum absolute atomic E-state index is 0.163. The zero-order valence-electron chi connectivity index (χ0n) is 9.91. The number of fused-ring (bicyclic) bond motifs is 1. The van der Waals surface area contributed by atoms with Crippen LogP contribution in [0, 0.1) is 6.92 Å². The summed E-state index contributed by atoms with van der Waals surface area (Å²) >= 11 is 0. The number of nitrogens with zero attached hydrogens (tertiary/aromatic N) is 1. The van der Waals surface area contributed by atoms with Crippen LogP contribution in [0.2, 0.25) is 0 Å². The molecule has 0 saturated carbocycles. The van der Waals surface area contributed by atoms with Crippen molar-refractivity contribution >= 4 is 11.0 Å². The summed E-state index contributed by atoms with van der Waals surface area (Å²) in [5.74, 6) is 0.163. The molecule has 5 N–H and O–H groups in total. The Morgan fingerprint density at radius 2 is 2.00 bits per heavy atom. The van der Waals surface area contributed by atoms with Gasteiger partial charge in [-0.25, -0.2) is 4.98 Å². The van der Waals surface area contributed by atoms with Crippen molar-refractivity contribution in [3.8, 4) is 0 Å². The maximum absolute atomic E-state index is 9.85. The van der Waals surface area contributed by atoms with Crippen LogP contribution in [-0.2, 0) is 0 Å². The van der Waals surface area contributed by atoms with Crippen LogP contribution in [0.25, 0.3) is 11.0 Å². The monoisotopic (exact) mass is 252 g/mol. The Kier molecular flexibility index (Phi) is 3.63. The molecule has 0 bridgehead atoms. The molecule has 6 nitrogen and oxygen atoms in total. The second-order valence-corrected chi connectivity index (χ2v) is 4.33. The molecule has 0 amide bonds. The van der Waals surface area contributed by atoms with Gasteiger partial charge in [-0.15, -0.1) is 0 Å². The minimum atomic E-state index is -1.49. The molecule has 0 aliphatic heterocycles. The van der Waals surface area contributed by atoms with E-state index in [4.69, 9.17) is 5.11 Å². The molecular weight excluding hydrogens is 236 g/mol. The molecule has 2 rings (SSSR count). The number of aliphatic hydroxyl groups excluding tert-OH is 4. The van der Waals surface area contributed by atoms with Gasteiger partial charge in [-0.2, -0.15) is 0 Å². The third-order valence-corrected chi connectivity index (χ3v) is 2.84. The van der Waals surface area contributed by atoms with E-state index in [1.807, 2.05) is 19.1 Å². The SMILES string of the molecule is Cc1ccc2nc([C@H](O)[C@H](O)[C@H](O)CO)[nH]c2c1. The lowest BCUT2D eigenvalue weighted by atomic mass is 10.1. The molecular formula is C12H16N2O4. The lowest BCUT2D eigenvalue weighted by Gasteiger charge is -2.19. The summed E-state index contributed by atoms with van der Waals surface area (Å²) in [6, 6.07) is 5.55. The van der Waals surface area contributed by atoms with Crippen molar-refractivity contribution in [1.29, 1.82) is 0 Å². The van der Waals surface area contributed by atoms with Gasteiger partial charge in [-0.05, 0) is 24.6 Å². The predicted molar refractivity (Wildman–Crippen MR) is 64.9 cm³/mol. The first-order chi connectivity index (χ1) is 8.52. The number of rotatable bonds is 4. The number of hydrogen-bond acceptors (Lipinski definition) is 5. The maximum Gasteiger partial charge on any atom is 0.140 e. The van der Waals surface area contributed by atoms with Gasteiger partial charge in [0.15, 0.2) is 0 Å². The van der Waals surface area contributed by atoms with Crippen molar-refractivity contribution < 1.29 is 20.4 Å². The number of aromatic nitrogens is 2. The van der Waals surface area contributed by atoms with Gasteiger partial charge in [0, 0.05) is 0 Å². The van der Waals surface area contributed by atoms with Crippen LogP contribution in [0.4, 0.5) is 0 Å². The molecule has 0 fully saturated rings. The van der Waals surface area contributed by atoms with Crippen LogP contribution in [0.3, 0.4) is 0 Å². The molecule has 0 aliphatic rings. The fraction of sp³-hybridized carbons (Fsp3) is 0.417. The van der Waals surface area contributed by atoms with Gasteiger partial charge < -0.3 is 25.4 Å². The zero-order valence-corrected chi connectivity index (χ0v) is 9.91. The van der Waals surface area contributed by atoms with Gasteiger partial charge >= 0.3 is 0 Å². The van der Waals surface area contributed by atoms with Crippen LogP contribution < -0.4 is 0 Å². The number of H-pyrrole nitrogens is 1. The van der Waals surface area contributed by atoms with Gasteiger partial charge in [0.05, 0.1) is 17.6 Å². The molecule has 6 heteroatoms. The second kappa shape index (κ2) is 5.03. The number of imidazole rings is 1. The van der Waals surface area contributed by atoms with Crippen molar-refractivity contribution in [1.82, 2.24) is 9.97 Å². The molecule has 1 aromatic heterocycles. The van der Waals surface area contributed by atoms with E-state index in [2.05, 4.69) is 9.97 Å². The highest BCUT2D eigenvalue weighted by atomic mass is 16.4. The van der Waals surface area contributed by atoms with Crippen molar-refractivity contribution in [2.75, 3.05) is 6.61 Å². The highest BCUT2D eigenvalue weighted by Crippen LogP contribution is 2.20. The van der Waals surface area contributed by atoms with E-state index >= 15 is 0 Å². The molecule has 2 aromatic rings. The highest BCUT2D eigenvalue weighted by molar-refractivity contribution is 5.75. The quantitative estimate of drug-likeness (QED) is 0.509. The highest BCUT2D eigenvalue weighted by Gasteiger charge is 2.27. The smallest absolute Gasteiger partial charge is 0.140 e. The van der Waals surface area contributed by atoms with Crippen LogP contribution in [0.1, 0.15) is 17.5 Å². The van der Waals surface area contributed by atoms with E-state index in [0.717, 1.165) is 11.1 Å². The Bertz CT molecular complexity index is 540. The van der Waals surface area contributed by atoms with Gasteiger partial charge in [-0.1, -0.05) is 6.07 Å². The standard InChI is InChI=1S/C12H16N2O4/c1-6-2-3-7-8(4-6)14-12(13-7)11(18)10(17)9(16)5-15/h2-4,9-11,15-18H,5H2,1H3,(H,13,14)/t9-,10-,11-/m1/s1. The van der Waals surface area contributed by atoms with Gasteiger partial charge in [0.2, 0.25) is 0 Å². The molecule has 0 saturated heterocycles. The van der Waals surface area contributed by atoms with Crippen molar-refractivity contribution in [2.45, 2.75) is 25.2 Å². The Balaban J connectivity index is 2.30. The fourth-order valence-electron chi connectivity index (χ4n) is 1.76. The molecule has 18 heavy (non-hydrogen) atoms. The number of benzene rings is 1. The van der Waals surface area contributed by atoms with E-state index in [9.17, 15) is 15.3 Å². The number of aryl methyl sites for hydroxylation is 1. The van der Waals surface area contributed by atoms with Gasteiger partial charge in [-0.3, -0.25) is 0 Å². The van der Waals surface area contributed by atoms with Gasteiger partial charge in [0.25, 0.3) is 0 Å². The maximum atomic E-state index is 9.85. The van der Waals surface area contributed by atoms with Crippen molar-refractivity contribution in [3.05, 3.63) is 29.6 Å². The fourth-order valence-corrected chi connectivity index (χ4v) is 1.76. The summed E-state index contributed by atoms with van der Waals surface area (Å²) in [6.07, 6.45) is -4.27. The molecule has 0 unspecified atom stereocenters. The zero-order chi connectivity index (χ0) is 13.3. The average Bonchev–Trinajstić information content (AvgIpc) is 2.78. The topological polar surface area (TPSA) is 110 Å². The van der Waals surface area contributed by atoms with E-state index in [1.54, 1.807) is 6.07 Å². The van der Waals surface area contributed by atoms with Crippen LogP contribution in [0.5, 0.6) is 0 Å². The van der Waals surface area contributed by atoms with Gasteiger partial charge in [0.1, 0.15) is 24.1 Å².